The Morgan fingerprint density at radius 1 is 1.29 bits per heavy atom. The lowest BCUT2D eigenvalue weighted by Gasteiger charge is -2.38. The van der Waals surface area contributed by atoms with E-state index in [-0.39, 0.29) is 0 Å². The van der Waals surface area contributed by atoms with Crippen molar-refractivity contribution in [3.8, 4) is 11.5 Å². The fourth-order valence-corrected chi connectivity index (χ4v) is 3.46. The number of hydrogen-bond donors (Lipinski definition) is 1. The Kier molecular flexibility index (Phi) is 4.36. The number of ether oxygens (including phenoxy) is 2. The molecular formula is C17H26N2O2. The molecular weight excluding hydrogens is 264 g/mol. The van der Waals surface area contributed by atoms with Crippen LogP contribution in [0.1, 0.15) is 32.3 Å². The van der Waals surface area contributed by atoms with Crippen LogP contribution in [-0.2, 0) is 6.42 Å². The van der Waals surface area contributed by atoms with Crippen LogP contribution in [-0.4, -0.2) is 36.9 Å². The number of rotatable bonds is 4. The van der Waals surface area contributed by atoms with Crippen LogP contribution in [0.3, 0.4) is 0 Å². The van der Waals surface area contributed by atoms with Gasteiger partial charge in [-0.15, -0.1) is 0 Å². The van der Waals surface area contributed by atoms with Gasteiger partial charge in [-0.1, -0.05) is 13.0 Å². The van der Waals surface area contributed by atoms with E-state index >= 15 is 0 Å². The fourth-order valence-electron chi connectivity index (χ4n) is 3.46. The maximum absolute atomic E-state index is 6.15. The maximum Gasteiger partial charge on any atom is 0.231 e. The molecule has 1 fully saturated rings. The van der Waals surface area contributed by atoms with Crippen LogP contribution in [0.4, 0.5) is 0 Å². The van der Waals surface area contributed by atoms with Gasteiger partial charge in [-0.2, -0.15) is 0 Å². The molecule has 1 aromatic rings. The molecule has 0 spiro atoms. The van der Waals surface area contributed by atoms with Gasteiger partial charge >= 0.3 is 0 Å². The average Bonchev–Trinajstić information content (AvgIpc) is 2.91. The van der Waals surface area contributed by atoms with Gasteiger partial charge in [0.2, 0.25) is 6.79 Å². The van der Waals surface area contributed by atoms with Crippen molar-refractivity contribution in [2.24, 2.45) is 11.7 Å². The molecule has 4 nitrogen and oxygen atoms in total. The van der Waals surface area contributed by atoms with Gasteiger partial charge in [0.15, 0.2) is 11.5 Å². The van der Waals surface area contributed by atoms with Crippen LogP contribution in [0.15, 0.2) is 18.2 Å². The first-order valence-electron chi connectivity index (χ1n) is 8.00. The Labute approximate surface area is 127 Å². The maximum atomic E-state index is 6.15. The Balaban J connectivity index is 1.54. The fraction of sp³-hybridized carbons (Fsp3) is 0.647. The molecule has 2 aliphatic heterocycles. The summed E-state index contributed by atoms with van der Waals surface area (Å²) in [7, 11) is 0. The molecule has 0 aromatic heterocycles. The molecule has 1 aromatic carbocycles. The number of piperidine rings is 1. The van der Waals surface area contributed by atoms with Gasteiger partial charge < -0.3 is 15.2 Å². The highest BCUT2D eigenvalue weighted by Gasteiger charge is 2.25. The first-order valence-corrected chi connectivity index (χ1v) is 8.00. The summed E-state index contributed by atoms with van der Waals surface area (Å²) in [4.78, 5) is 2.55. The molecule has 3 rings (SSSR count). The van der Waals surface area contributed by atoms with Crippen LogP contribution in [0.5, 0.6) is 11.5 Å². The van der Waals surface area contributed by atoms with Gasteiger partial charge in [0.05, 0.1) is 0 Å². The number of aryl methyl sites for hydroxylation is 1. The summed E-state index contributed by atoms with van der Waals surface area (Å²) < 4.78 is 10.8. The van der Waals surface area contributed by atoms with Gasteiger partial charge in [0, 0.05) is 25.2 Å². The standard InChI is InChI=1S/C17H26N2O2/c1-12-7-15(18)10-19(9-12)13(2)3-4-14-5-6-16-17(8-14)21-11-20-16/h5-6,8,12-13,15H,3-4,7,9-11,18H2,1-2H3. The third-order valence-electron chi connectivity index (χ3n) is 4.63. The quantitative estimate of drug-likeness (QED) is 0.925. The van der Waals surface area contributed by atoms with E-state index in [1.54, 1.807) is 0 Å². The lowest BCUT2D eigenvalue weighted by atomic mass is 9.94. The minimum Gasteiger partial charge on any atom is -0.454 e. The second-order valence-electron chi connectivity index (χ2n) is 6.63. The van der Waals surface area contributed by atoms with Crippen molar-refractivity contribution < 1.29 is 9.47 Å². The number of nitrogens with zero attached hydrogens (tertiary/aromatic N) is 1. The first kappa shape index (κ1) is 14.7. The van der Waals surface area contributed by atoms with E-state index in [1.165, 1.54) is 12.1 Å². The molecule has 0 aliphatic carbocycles. The Bertz CT molecular complexity index is 482. The molecule has 2 N–H and O–H groups in total. The van der Waals surface area contributed by atoms with Crippen LogP contribution in [0, 0.1) is 5.92 Å². The molecule has 2 aliphatic rings. The molecule has 0 bridgehead atoms. The van der Waals surface area contributed by atoms with Gasteiger partial charge in [-0.05, 0) is 49.8 Å². The highest BCUT2D eigenvalue weighted by atomic mass is 16.7. The summed E-state index contributed by atoms with van der Waals surface area (Å²) in [6, 6.07) is 7.18. The molecule has 3 unspecified atom stereocenters. The Hall–Kier alpha value is -1.26. The smallest absolute Gasteiger partial charge is 0.231 e. The third-order valence-corrected chi connectivity index (χ3v) is 4.63. The Morgan fingerprint density at radius 2 is 2.10 bits per heavy atom. The normalized spacial score (nSPS) is 26.8. The second-order valence-corrected chi connectivity index (χ2v) is 6.63. The highest BCUT2D eigenvalue weighted by molar-refractivity contribution is 5.44. The topological polar surface area (TPSA) is 47.7 Å². The van der Waals surface area contributed by atoms with E-state index in [9.17, 15) is 0 Å². The molecule has 0 amide bonds. The zero-order valence-electron chi connectivity index (χ0n) is 13.0. The summed E-state index contributed by atoms with van der Waals surface area (Å²) in [5, 5.41) is 0. The van der Waals surface area contributed by atoms with E-state index < -0.39 is 0 Å². The molecule has 116 valence electrons. The first-order chi connectivity index (χ1) is 10.1. The lowest BCUT2D eigenvalue weighted by Crippen LogP contribution is -2.49. The average molecular weight is 290 g/mol. The van der Waals surface area contributed by atoms with Crippen molar-refractivity contribution in [1.29, 1.82) is 0 Å². The number of hydrogen-bond acceptors (Lipinski definition) is 4. The lowest BCUT2D eigenvalue weighted by molar-refractivity contribution is 0.119. The molecule has 0 saturated carbocycles. The van der Waals surface area contributed by atoms with Crippen LogP contribution in [0.25, 0.3) is 0 Å². The van der Waals surface area contributed by atoms with E-state index in [0.717, 1.165) is 37.3 Å². The predicted octanol–water partition coefficient (Wildman–Crippen LogP) is 2.41. The molecule has 4 heteroatoms. The number of likely N-dealkylation sites (tertiary alicyclic amines) is 1. The SMILES string of the molecule is CC1CC(N)CN(C(C)CCc2ccc3c(c2)OCO3)C1. The molecule has 21 heavy (non-hydrogen) atoms. The molecule has 3 atom stereocenters. The number of nitrogens with two attached hydrogens (primary N) is 1. The van der Waals surface area contributed by atoms with Gasteiger partial charge in [-0.3, -0.25) is 4.90 Å². The number of fused-ring (bicyclic) bond motifs is 1. The van der Waals surface area contributed by atoms with Gasteiger partial charge in [0.25, 0.3) is 0 Å². The Morgan fingerprint density at radius 3 is 2.90 bits per heavy atom. The number of benzene rings is 1. The summed E-state index contributed by atoms with van der Waals surface area (Å²) in [6.07, 6.45) is 3.38. The van der Waals surface area contributed by atoms with Crippen molar-refractivity contribution in [3.05, 3.63) is 23.8 Å². The summed E-state index contributed by atoms with van der Waals surface area (Å²) in [5.74, 6) is 2.46. The summed E-state index contributed by atoms with van der Waals surface area (Å²) >= 11 is 0. The second kappa shape index (κ2) is 6.24. The largest absolute Gasteiger partial charge is 0.454 e. The third kappa shape index (κ3) is 3.50. The molecule has 1 saturated heterocycles. The molecule has 2 heterocycles. The van der Waals surface area contributed by atoms with Crippen molar-refractivity contribution in [1.82, 2.24) is 4.90 Å². The highest BCUT2D eigenvalue weighted by Crippen LogP contribution is 2.33. The van der Waals surface area contributed by atoms with Crippen LogP contribution < -0.4 is 15.2 Å². The van der Waals surface area contributed by atoms with E-state index in [2.05, 4.69) is 30.9 Å². The molecule has 0 radical (unpaired) electrons. The monoisotopic (exact) mass is 290 g/mol. The van der Waals surface area contributed by atoms with Crippen molar-refractivity contribution in [2.75, 3.05) is 19.9 Å². The summed E-state index contributed by atoms with van der Waals surface area (Å²) in [6.45, 7) is 7.18. The predicted molar refractivity (Wildman–Crippen MR) is 83.7 cm³/mol. The van der Waals surface area contributed by atoms with Gasteiger partial charge in [0.1, 0.15) is 0 Å². The van der Waals surface area contributed by atoms with E-state index in [0.29, 0.717) is 24.8 Å². The van der Waals surface area contributed by atoms with Crippen molar-refractivity contribution >= 4 is 0 Å². The van der Waals surface area contributed by atoms with Crippen LogP contribution in [0.2, 0.25) is 0 Å². The zero-order chi connectivity index (χ0) is 14.8. The van der Waals surface area contributed by atoms with E-state index in [1.807, 2.05) is 6.07 Å². The van der Waals surface area contributed by atoms with Gasteiger partial charge in [-0.25, -0.2) is 0 Å². The summed E-state index contributed by atoms with van der Waals surface area (Å²) in [5.41, 5.74) is 7.47. The van der Waals surface area contributed by atoms with Crippen LogP contribution >= 0.6 is 0 Å². The minimum atomic E-state index is 0.335. The van der Waals surface area contributed by atoms with E-state index in [4.69, 9.17) is 15.2 Å². The van der Waals surface area contributed by atoms with Crippen molar-refractivity contribution in [2.45, 2.75) is 45.2 Å². The van der Waals surface area contributed by atoms with Crippen molar-refractivity contribution in [3.63, 3.8) is 0 Å². The zero-order valence-corrected chi connectivity index (χ0v) is 13.0. The minimum absolute atomic E-state index is 0.335.